The van der Waals surface area contributed by atoms with E-state index in [-0.39, 0.29) is 25.2 Å². The molecule has 0 aromatic heterocycles. The molecule has 5 heteroatoms. The first-order valence-electron chi connectivity index (χ1n) is 9.15. The van der Waals surface area contributed by atoms with Gasteiger partial charge in [-0.25, -0.2) is 4.79 Å². The summed E-state index contributed by atoms with van der Waals surface area (Å²) < 4.78 is 10.4. The number of ether oxygens (including phenoxy) is 2. The summed E-state index contributed by atoms with van der Waals surface area (Å²) in [7, 11) is 0. The largest absolute Gasteiger partial charge is 0.482 e. The Morgan fingerprint density at radius 2 is 1.64 bits per heavy atom. The van der Waals surface area contributed by atoms with Gasteiger partial charge in [0.05, 0.1) is 6.04 Å². The molecule has 0 aliphatic heterocycles. The van der Waals surface area contributed by atoms with Crippen molar-refractivity contribution < 1.29 is 19.1 Å². The molecular formula is C23H23NO4. The molecule has 0 aliphatic carbocycles. The number of nitrogens with one attached hydrogen (secondary N) is 1. The maximum atomic E-state index is 12.2. The van der Waals surface area contributed by atoms with Crippen LogP contribution < -0.4 is 10.1 Å². The van der Waals surface area contributed by atoms with Gasteiger partial charge in [0.25, 0.3) is 5.91 Å². The second-order valence-electron chi connectivity index (χ2n) is 6.57. The van der Waals surface area contributed by atoms with Crippen LogP contribution in [0.15, 0.2) is 66.7 Å². The van der Waals surface area contributed by atoms with Gasteiger partial charge in [-0.15, -0.1) is 0 Å². The predicted molar refractivity (Wildman–Crippen MR) is 108 cm³/mol. The monoisotopic (exact) mass is 377 g/mol. The third kappa shape index (κ3) is 4.88. The van der Waals surface area contributed by atoms with Crippen molar-refractivity contribution >= 4 is 22.6 Å². The molecule has 1 amide bonds. The van der Waals surface area contributed by atoms with E-state index in [1.807, 2.05) is 74.5 Å². The van der Waals surface area contributed by atoms with Crippen LogP contribution >= 0.6 is 0 Å². The molecule has 5 nitrogen and oxygen atoms in total. The van der Waals surface area contributed by atoms with Crippen molar-refractivity contribution in [3.8, 4) is 5.75 Å². The Bertz CT molecular complexity index is 978. The lowest BCUT2D eigenvalue weighted by Gasteiger charge is -2.16. The molecule has 3 aromatic rings. The van der Waals surface area contributed by atoms with Gasteiger partial charge in [0, 0.05) is 0 Å². The number of para-hydroxylation sites is 1. The van der Waals surface area contributed by atoms with E-state index in [2.05, 4.69) is 5.32 Å². The summed E-state index contributed by atoms with van der Waals surface area (Å²) in [6.07, 6.45) is 0. The number of carbonyl (C=O) groups is 2. The molecule has 0 radical (unpaired) electrons. The van der Waals surface area contributed by atoms with E-state index >= 15 is 0 Å². The van der Waals surface area contributed by atoms with Crippen molar-refractivity contribution in [2.24, 2.45) is 0 Å². The number of rotatable bonds is 7. The standard InChI is InChI=1S/C23H23NO4/c1-16-8-3-6-13-21(16)27-15-23(26)28-14-22(25)24-17(2)19-12-7-10-18-9-4-5-11-20(18)19/h3-13,17H,14-15H2,1-2H3,(H,24,25). The van der Waals surface area contributed by atoms with Crippen LogP contribution in [0.25, 0.3) is 10.8 Å². The molecule has 0 saturated carbocycles. The third-order valence-corrected chi connectivity index (χ3v) is 4.47. The average Bonchev–Trinajstić information content (AvgIpc) is 2.71. The molecule has 1 unspecified atom stereocenters. The summed E-state index contributed by atoms with van der Waals surface area (Å²) in [5, 5.41) is 5.07. The van der Waals surface area contributed by atoms with E-state index in [1.165, 1.54) is 0 Å². The van der Waals surface area contributed by atoms with Crippen molar-refractivity contribution in [2.45, 2.75) is 19.9 Å². The predicted octanol–water partition coefficient (Wildman–Crippen LogP) is 3.95. The summed E-state index contributed by atoms with van der Waals surface area (Å²) in [6.45, 7) is 3.22. The fraction of sp³-hybridized carbons (Fsp3) is 0.217. The number of benzene rings is 3. The van der Waals surface area contributed by atoms with Crippen molar-refractivity contribution in [3.05, 3.63) is 77.9 Å². The van der Waals surface area contributed by atoms with Crippen LogP contribution in [0.3, 0.4) is 0 Å². The first-order valence-corrected chi connectivity index (χ1v) is 9.15. The Kier molecular flexibility index (Phi) is 6.27. The van der Waals surface area contributed by atoms with Gasteiger partial charge in [-0.3, -0.25) is 4.79 Å². The van der Waals surface area contributed by atoms with Crippen molar-refractivity contribution in [3.63, 3.8) is 0 Å². The van der Waals surface area contributed by atoms with Crippen LogP contribution in [0.5, 0.6) is 5.75 Å². The summed E-state index contributed by atoms with van der Waals surface area (Å²) in [6, 6.07) is 21.2. The summed E-state index contributed by atoms with van der Waals surface area (Å²) >= 11 is 0. The van der Waals surface area contributed by atoms with Gasteiger partial charge in [0.2, 0.25) is 0 Å². The van der Waals surface area contributed by atoms with Gasteiger partial charge < -0.3 is 14.8 Å². The number of aryl methyl sites for hydroxylation is 1. The smallest absolute Gasteiger partial charge is 0.344 e. The van der Waals surface area contributed by atoms with Gasteiger partial charge >= 0.3 is 5.97 Å². The SMILES string of the molecule is Cc1ccccc1OCC(=O)OCC(=O)NC(C)c1cccc2ccccc12. The molecular weight excluding hydrogens is 354 g/mol. The first kappa shape index (κ1) is 19.4. The van der Waals surface area contributed by atoms with Crippen LogP contribution in [-0.4, -0.2) is 25.1 Å². The van der Waals surface area contributed by atoms with Gasteiger partial charge in [-0.1, -0.05) is 60.7 Å². The Labute approximate surface area is 164 Å². The van der Waals surface area contributed by atoms with Crippen LogP contribution in [0.2, 0.25) is 0 Å². The van der Waals surface area contributed by atoms with Crippen LogP contribution in [0, 0.1) is 6.92 Å². The topological polar surface area (TPSA) is 64.6 Å². The van der Waals surface area contributed by atoms with Crippen LogP contribution in [0.4, 0.5) is 0 Å². The zero-order chi connectivity index (χ0) is 19.9. The van der Waals surface area contributed by atoms with Gasteiger partial charge in [0.1, 0.15) is 5.75 Å². The Balaban J connectivity index is 1.49. The fourth-order valence-corrected chi connectivity index (χ4v) is 3.03. The number of amides is 1. The minimum atomic E-state index is -0.587. The number of hydrogen-bond donors (Lipinski definition) is 1. The van der Waals surface area contributed by atoms with E-state index in [9.17, 15) is 9.59 Å². The molecule has 0 fully saturated rings. The zero-order valence-electron chi connectivity index (χ0n) is 16.0. The number of fused-ring (bicyclic) bond motifs is 1. The molecule has 0 saturated heterocycles. The number of carbonyl (C=O) groups excluding carboxylic acids is 2. The zero-order valence-corrected chi connectivity index (χ0v) is 16.0. The lowest BCUT2D eigenvalue weighted by molar-refractivity contribution is -0.150. The lowest BCUT2D eigenvalue weighted by Crippen LogP contribution is -2.32. The van der Waals surface area contributed by atoms with Gasteiger partial charge in [-0.05, 0) is 41.8 Å². The summed E-state index contributed by atoms with van der Waals surface area (Å²) in [5.41, 5.74) is 1.94. The maximum Gasteiger partial charge on any atom is 0.344 e. The van der Waals surface area contributed by atoms with E-state index in [0.29, 0.717) is 5.75 Å². The number of esters is 1. The van der Waals surface area contributed by atoms with E-state index in [0.717, 1.165) is 21.9 Å². The van der Waals surface area contributed by atoms with Crippen molar-refractivity contribution in [1.29, 1.82) is 0 Å². The lowest BCUT2D eigenvalue weighted by atomic mass is 10.00. The minimum Gasteiger partial charge on any atom is -0.482 e. The third-order valence-electron chi connectivity index (χ3n) is 4.47. The summed E-state index contributed by atoms with van der Waals surface area (Å²) in [5.74, 6) is -0.325. The highest BCUT2D eigenvalue weighted by molar-refractivity contribution is 5.87. The van der Waals surface area contributed by atoms with Gasteiger partial charge in [0.15, 0.2) is 13.2 Å². The van der Waals surface area contributed by atoms with Crippen molar-refractivity contribution in [1.82, 2.24) is 5.32 Å². The highest BCUT2D eigenvalue weighted by Gasteiger charge is 2.14. The minimum absolute atomic E-state index is 0.208. The molecule has 0 heterocycles. The Morgan fingerprint density at radius 1 is 0.929 bits per heavy atom. The highest BCUT2D eigenvalue weighted by atomic mass is 16.6. The van der Waals surface area contributed by atoms with Gasteiger partial charge in [-0.2, -0.15) is 0 Å². The van der Waals surface area contributed by atoms with Crippen LogP contribution in [-0.2, 0) is 14.3 Å². The molecule has 28 heavy (non-hydrogen) atoms. The van der Waals surface area contributed by atoms with Crippen LogP contribution in [0.1, 0.15) is 24.1 Å². The molecule has 0 spiro atoms. The average molecular weight is 377 g/mol. The van der Waals surface area contributed by atoms with E-state index in [1.54, 1.807) is 6.07 Å². The first-order chi connectivity index (χ1) is 13.5. The van der Waals surface area contributed by atoms with E-state index < -0.39 is 5.97 Å². The molecule has 3 aromatic carbocycles. The Hall–Kier alpha value is -3.34. The second kappa shape index (κ2) is 9.04. The maximum absolute atomic E-state index is 12.2. The molecule has 1 N–H and O–H groups in total. The van der Waals surface area contributed by atoms with Crippen molar-refractivity contribution in [2.75, 3.05) is 13.2 Å². The molecule has 0 aliphatic rings. The van der Waals surface area contributed by atoms with E-state index in [4.69, 9.17) is 9.47 Å². The quantitative estimate of drug-likeness (QED) is 0.633. The number of hydrogen-bond acceptors (Lipinski definition) is 4. The second-order valence-corrected chi connectivity index (χ2v) is 6.57. The normalized spacial score (nSPS) is 11.6. The Morgan fingerprint density at radius 3 is 2.46 bits per heavy atom. The molecule has 3 rings (SSSR count). The molecule has 144 valence electrons. The fourth-order valence-electron chi connectivity index (χ4n) is 3.03. The summed E-state index contributed by atoms with van der Waals surface area (Å²) in [4.78, 5) is 24.0. The highest BCUT2D eigenvalue weighted by Crippen LogP contribution is 2.24. The molecule has 1 atom stereocenters. The molecule has 0 bridgehead atoms.